The summed E-state index contributed by atoms with van der Waals surface area (Å²) in [6, 6.07) is 6.23. The van der Waals surface area contributed by atoms with Crippen LogP contribution in [0.4, 0.5) is 4.39 Å². The van der Waals surface area contributed by atoms with Crippen LogP contribution >= 0.6 is 0 Å². The molecule has 70 valence electrons. The standard InChI is InChI=1S/C10H12FNO/c11-9(10(12)4-5-10)7-2-1-3-8(13)6-7/h1-3,6,9,13H,4-5,12H2. The molecule has 0 spiro atoms. The van der Waals surface area contributed by atoms with Crippen molar-refractivity contribution in [2.45, 2.75) is 24.6 Å². The molecule has 1 atom stereocenters. The second-order valence-electron chi connectivity index (χ2n) is 3.69. The van der Waals surface area contributed by atoms with Gasteiger partial charge in [0.25, 0.3) is 0 Å². The number of rotatable bonds is 2. The van der Waals surface area contributed by atoms with E-state index in [1.165, 1.54) is 12.1 Å². The predicted molar refractivity (Wildman–Crippen MR) is 48.1 cm³/mol. The highest BCUT2D eigenvalue weighted by atomic mass is 19.1. The lowest BCUT2D eigenvalue weighted by Crippen LogP contribution is -2.27. The summed E-state index contributed by atoms with van der Waals surface area (Å²) in [6.45, 7) is 0. The van der Waals surface area contributed by atoms with Gasteiger partial charge in [-0.05, 0) is 30.5 Å². The van der Waals surface area contributed by atoms with E-state index < -0.39 is 11.7 Å². The first-order chi connectivity index (χ1) is 6.12. The van der Waals surface area contributed by atoms with Crippen LogP contribution in [0.2, 0.25) is 0 Å². The van der Waals surface area contributed by atoms with E-state index in [0.717, 1.165) is 12.8 Å². The van der Waals surface area contributed by atoms with E-state index in [-0.39, 0.29) is 5.75 Å². The summed E-state index contributed by atoms with van der Waals surface area (Å²) in [5.41, 5.74) is 5.51. The zero-order valence-electron chi connectivity index (χ0n) is 7.20. The third-order valence-corrected chi connectivity index (χ3v) is 2.49. The molecule has 13 heavy (non-hydrogen) atoms. The average Bonchev–Trinajstić information content (AvgIpc) is 2.84. The summed E-state index contributed by atoms with van der Waals surface area (Å²) in [4.78, 5) is 0. The van der Waals surface area contributed by atoms with Crippen LogP contribution in [0.25, 0.3) is 0 Å². The highest BCUT2D eigenvalue weighted by Crippen LogP contribution is 2.46. The summed E-state index contributed by atoms with van der Waals surface area (Å²) in [5.74, 6) is 0.0874. The Hall–Kier alpha value is -1.09. The first-order valence-corrected chi connectivity index (χ1v) is 4.34. The molecule has 1 saturated carbocycles. The van der Waals surface area contributed by atoms with Crippen LogP contribution in [-0.4, -0.2) is 10.6 Å². The van der Waals surface area contributed by atoms with Crippen LogP contribution in [0.5, 0.6) is 5.75 Å². The molecule has 1 unspecified atom stereocenters. The number of phenols is 1. The first kappa shape index (κ1) is 8.51. The number of hydrogen-bond acceptors (Lipinski definition) is 2. The molecule has 0 amide bonds. The van der Waals surface area contributed by atoms with Crippen molar-refractivity contribution in [2.24, 2.45) is 5.73 Å². The predicted octanol–water partition coefficient (Wildman–Crippen LogP) is 1.89. The number of hydrogen-bond donors (Lipinski definition) is 2. The van der Waals surface area contributed by atoms with Crippen LogP contribution in [-0.2, 0) is 0 Å². The van der Waals surface area contributed by atoms with Crippen molar-refractivity contribution in [3.63, 3.8) is 0 Å². The normalized spacial score (nSPS) is 21.1. The largest absolute Gasteiger partial charge is 0.508 e. The van der Waals surface area contributed by atoms with Gasteiger partial charge in [-0.15, -0.1) is 0 Å². The van der Waals surface area contributed by atoms with Crippen LogP contribution in [0, 0.1) is 0 Å². The van der Waals surface area contributed by atoms with E-state index in [2.05, 4.69) is 0 Å². The number of nitrogens with two attached hydrogens (primary N) is 1. The minimum atomic E-state index is -1.15. The zero-order valence-corrected chi connectivity index (χ0v) is 7.20. The molecule has 0 saturated heterocycles. The molecule has 0 radical (unpaired) electrons. The second kappa shape index (κ2) is 2.70. The number of halogens is 1. The molecule has 1 fully saturated rings. The van der Waals surface area contributed by atoms with Crippen LogP contribution in [0.1, 0.15) is 24.6 Å². The fraction of sp³-hybridized carbons (Fsp3) is 0.400. The SMILES string of the molecule is NC1(C(F)c2cccc(O)c2)CC1. The van der Waals surface area contributed by atoms with Crippen molar-refractivity contribution in [1.29, 1.82) is 0 Å². The van der Waals surface area contributed by atoms with E-state index in [1.807, 2.05) is 0 Å². The van der Waals surface area contributed by atoms with Gasteiger partial charge in [-0.2, -0.15) is 0 Å². The minimum Gasteiger partial charge on any atom is -0.508 e. The highest BCUT2D eigenvalue weighted by molar-refractivity contribution is 5.31. The van der Waals surface area contributed by atoms with Gasteiger partial charge in [0, 0.05) is 0 Å². The molecule has 3 heteroatoms. The van der Waals surface area contributed by atoms with Gasteiger partial charge < -0.3 is 10.8 Å². The van der Waals surface area contributed by atoms with Gasteiger partial charge in [-0.25, -0.2) is 4.39 Å². The van der Waals surface area contributed by atoms with Crippen LogP contribution in [0.3, 0.4) is 0 Å². The van der Waals surface area contributed by atoms with Crippen LogP contribution < -0.4 is 5.73 Å². The van der Waals surface area contributed by atoms with E-state index in [9.17, 15) is 4.39 Å². The Labute approximate surface area is 76.2 Å². The molecule has 2 rings (SSSR count). The molecule has 0 aliphatic heterocycles. The Bertz CT molecular complexity index is 322. The second-order valence-corrected chi connectivity index (χ2v) is 3.69. The summed E-state index contributed by atoms with van der Waals surface area (Å²) < 4.78 is 13.6. The maximum Gasteiger partial charge on any atom is 0.143 e. The quantitative estimate of drug-likeness (QED) is 0.731. The highest BCUT2D eigenvalue weighted by Gasteiger charge is 2.47. The number of phenolic OH excluding ortho intramolecular Hbond substituents is 1. The van der Waals surface area contributed by atoms with Crippen molar-refractivity contribution in [1.82, 2.24) is 0 Å². The van der Waals surface area contributed by atoms with Crippen molar-refractivity contribution in [3.8, 4) is 5.75 Å². The Balaban J connectivity index is 2.25. The molecule has 3 N–H and O–H groups in total. The molecule has 0 bridgehead atoms. The van der Waals surface area contributed by atoms with Crippen molar-refractivity contribution in [3.05, 3.63) is 29.8 Å². The number of alkyl halides is 1. The van der Waals surface area contributed by atoms with Crippen molar-refractivity contribution < 1.29 is 9.50 Å². The molecule has 0 heterocycles. The molecule has 2 nitrogen and oxygen atoms in total. The molecular weight excluding hydrogens is 169 g/mol. The van der Waals surface area contributed by atoms with E-state index in [1.54, 1.807) is 12.1 Å². The fourth-order valence-electron chi connectivity index (χ4n) is 1.41. The van der Waals surface area contributed by atoms with Gasteiger partial charge >= 0.3 is 0 Å². The Kier molecular flexibility index (Phi) is 1.77. The van der Waals surface area contributed by atoms with Crippen molar-refractivity contribution >= 4 is 0 Å². The lowest BCUT2D eigenvalue weighted by Gasteiger charge is -2.15. The zero-order chi connectivity index (χ0) is 9.47. The maximum atomic E-state index is 13.6. The molecule has 1 aromatic carbocycles. The fourth-order valence-corrected chi connectivity index (χ4v) is 1.41. The third-order valence-electron chi connectivity index (χ3n) is 2.49. The smallest absolute Gasteiger partial charge is 0.143 e. The van der Waals surface area contributed by atoms with Crippen molar-refractivity contribution in [2.75, 3.05) is 0 Å². The van der Waals surface area contributed by atoms with E-state index in [0.29, 0.717) is 5.56 Å². The molecule has 1 aromatic rings. The Morgan fingerprint density at radius 2 is 2.15 bits per heavy atom. The van der Waals surface area contributed by atoms with Gasteiger partial charge in [-0.1, -0.05) is 12.1 Å². The topological polar surface area (TPSA) is 46.2 Å². The first-order valence-electron chi connectivity index (χ1n) is 4.34. The monoisotopic (exact) mass is 181 g/mol. The third kappa shape index (κ3) is 1.52. The Morgan fingerprint density at radius 3 is 2.69 bits per heavy atom. The molecule has 1 aliphatic rings. The summed E-state index contributed by atoms with van der Waals surface area (Å²) in [7, 11) is 0. The summed E-state index contributed by atoms with van der Waals surface area (Å²) in [5, 5.41) is 9.14. The summed E-state index contributed by atoms with van der Waals surface area (Å²) >= 11 is 0. The van der Waals surface area contributed by atoms with Gasteiger partial charge in [0.05, 0.1) is 5.54 Å². The number of benzene rings is 1. The van der Waals surface area contributed by atoms with Gasteiger partial charge in [-0.3, -0.25) is 0 Å². The van der Waals surface area contributed by atoms with Gasteiger partial charge in [0.1, 0.15) is 11.9 Å². The number of aromatic hydroxyl groups is 1. The summed E-state index contributed by atoms with van der Waals surface area (Å²) in [6.07, 6.45) is 0.299. The average molecular weight is 181 g/mol. The lowest BCUT2D eigenvalue weighted by molar-refractivity contribution is 0.273. The van der Waals surface area contributed by atoms with E-state index in [4.69, 9.17) is 10.8 Å². The molecular formula is C10H12FNO. The van der Waals surface area contributed by atoms with Gasteiger partial charge in [0.15, 0.2) is 0 Å². The van der Waals surface area contributed by atoms with E-state index >= 15 is 0 Å². The lowest BCUT2D eigenvalue weighted by atomic mass is 10.0. The molecule has 0 aromatic heterocycles. The maximum absolute atomic E-state index is 13.6. The van der Waals surface area contributed by atoms with Crippen LogP contribution in [0.15, 0.2) is 24.3 Å². The minimum absolute atomic E-state index is 0.0874. The Morgan fingerprint density at radius 1 is 1.46 bits per heavy atom. The van der Waals surface area contributed by atoms with Gasteiger partial charge in [0.2, 0.25) is 0 Å². The molecule has 1 aliphatic carbocycles.